The molecule has 8 nitrogen and oxygen atoms in total. The quantitative estimate of drug-likeness (QED) is 0.580. The molecule has 2 aromatic rings. The Morgan fingerprint density at radius 3 is 2.55 bits per heavy atom. The summed E-state index contributed by atoms with van der Waals surface area (Å²) in [7, 11) is 1.79. The highest BCUT2D eigenvalue weighted by atomic mass is 16.5. The minimum absolute atomic E-state index is 0.0472. The molecule has 3 aliphatic heterocycles. The molecule has 1 unspecified atom stereocenters. The Hall–Kier alpha value is -2.94. The third-order valence-corrected chi connectivity index (χ3v) is 9.78. The van der Waals surface area contributed by atoms with E-state index in [1.165, 1.54) is 11.1 Å². The minimum Gasteiger partial charge on any atom is -0.390 e. The lowest BCUT2D eigenvalue weighted by atomic mass is 9.68. The number of likely N-dealkylation sites (N-methyl/N-ethyl adjacent to an activating group) is 1. The van der Waals surface area contributed by atoms with Gasteiger partial charge >= 0.3 is 0 Å². The number of ether oxygens (including phenoxy) is 1. The number of fused-ring (bicyclic) bond motifs is 2. The van der Waals surface area contributed by atoms with Crippen LogP contribution >= 0.6 is 0 Å². The first-order valence-electron chi connectivity index (χ1n) is 14.9. The van der Waals surface area contributed by atoms with Gasteiger partial charge in [0.1, 0.15) is 0 Å². The van der Waals surface area contributed by atoms with Crippen molar-refractivity contribution in [2.45, 2.75) is 63.8 Å². The van der Waals surface area contributed by atoms with E-state index in [4.69, 9.17) is 4.74 Å². The number of carbonyl (C=O) groups excluding carboxylic acids is 2. The van der Waals surface area contributed by atoms with Crippen molar-refractivity contribution in [3.63, 3.8) is 0 Å². The van der Waals surface area contributed by atoms with Crippen LogP contribution < -0.4 is 10.2 Å². The maximum absolute atomic E-state index is 13.7. The molecule has 1 spiro atoms. The van der Waals surface area contributed by atoms with Crippen molar-refractivity contribution in [2.75, 3.05) is 51.3 Å². The monoisotopic (exact) mass is 546 g/mol. The molecule has 214 valence electrons. The summed E-state index contributed by atoms with van der Waals surface area (Å²) in [5.41, 5.74) is 4.82. The maximum Gasteiger partial charge on any atom is 0.256 e. The standard InChI is InChI=1S/C32H42N4O4/c1-3-34-14-15-35(19-29(37)27-16-22-6-4-5-7-24(22)18-33-27)31(39)26-9-8-23(17-28(26)34)30(38)36-20-32(21-36)12-10-25(40-2)11-13-32/h4-9,17,25,27,29,33,37H,3,10-16,18-21H2,1-2H3/t27-,29?/m0/s1. The summed E-state index contributed by atoms with van der Waals surface area (Å²) in [6, 6.07) is 13.7. The first kappa shape index (κ1) is 27.2. The van der Waals surface area contributed by atoms with Crippen LogP contribution in [0, 0.1) is 5.41 Å². The summed E-state index contributed by atoms with van der Waals surface area (Å²) in [6.07, 6.45) is 4.79. The van der Waals surface area contributed by atoms with Crippen molar-refractivity contribution in [1.29, 1.82) is 0 Å². The van der Waals surface area contributed by atoms with Crippen molar-refractivity contribution in [3.05, 3.63) is 64.7 Å². The number of rotatable bonds is 6. The number of carbonyl (C=O) groups is 2. The summed E-state index contributed by atoms with van der Waals surface area (Å²) in [4.78, 5) is 33.1. The molecule has 2 aromatic carbocycles. The number of amides is 2. The van der Waals surface area contributed by atoms with Gasteiger partial charge in [-0.15, -0.1) is 0 Å². The van der Waals surface area contributed by atoms with Crippen LogP contribution in [0.15, 0.2) is 42.5 Å². The molecule has 2 N–H and O–H groups in total. The zero-order chi connectivity index (χ0) is 27.9. The average molecular weight is 547 g/mol. The molecule has 1 saturated carbocycles. The molecular formula is C32H42N4O4. The number of β-amino-alcohol motifs (C(OH)–C–C–N with tert-alkyl or cyclic N) is 1. The van der Waals surface area contributed by atoms with E-state index in [-0.39, 0.29) is 29.8 Å². The molecule has 0 radical (unpaired) electrons. The van der Waals surface area contributed by atoms with Crippen molar-refractivity contribution in [2.24, 2.45) is 5.41 Å². The van der Waals surface area contributed by atoms with Gasteiger partial charge in [-0.25, -0.2) is 0 Å². The predicted molar refractivity (Wildman–Crippen MR) is 155 cm³/mol. The Kier molecular flexibility index (Phi) is 7.59. The molecule has 2 fully saturated rings. The molecular weight excluding hydrogens is 504 g/mol. The second kappa shape index (κ2) is 11.1. The Balaban J connectivity index is 1.13. The number of hydrogen-bond acceptors (Lipinski definition) is 6. The molecule has 0 aromatic heterocycles. The summed E-state index contributed by atoms with van der Waals surface area (Å²) in [5.74, 6) is -0.0380. The molecule has 1 aliphatic carbocycles. The van der Waals surface area contributed by atoms with Gasteiger partial charge < -0.3 is 29.9 Å². The number of anilines is 1. The van der Waals surface area contributed by atoms with E-state index in [9.17, 15) is 14.7 Å². The van der Waals surface area contributed by atoms with Crippen LogP contribution in [0.2, 0.25) is 0 Å². The van der Waals surface area contributed by atoms with E-state index in [1.807, 2.05) is 29.2 Å². The van der Waals surface area contributed by atoms with Crippen molar-refractivity contribution in [3.8, 4) is 0 Å². The van der Waals surface area contributed by atoms with E-state index in [2.05, 4.69) is 29.3 Å². The number of nitrogens with one attached hydrogen (secondary N) is 1. The van der Waals surface area contributed by atoms with Crippen LogP contribution in [0.3, 0.4) is 0 Å². The van der Waals surface area contributed by atoms with E-state index in [1.54, 1.807) is 18.1 Å². The maximum atomic E-state index is 13.7. The minimum atomic E-state index is -0.674. The lowest BCUT2D eigenvalue weighted by Gasteiger charge is -2.53. The van der Waals surface area contributed by atoms with E-state index in [0.29, 0.717) is 30.3 Å². The molecule has 3 heterocycles. The number of likely N-dealkylation sites (tertiary alicyclic amines) is 1. The van der Waals surface area contributed by atoms with Crippen LogP contribution in [0.1, 0.15) is 64.4 Å². The van der Waals surface area contributed by atoms with Gasteiger partial charge in [0.25, 0.3) is 11.8 Å². The highest BCUT2D eigenvalue weighted by Gasteiger charge is 2.47. The molecule has 2 amide bonds. The highest BCUT2D eigenvalue weighted by Crippen LogP contribution is 2.45. The number of aliphatic hydroxyl groups excluding tert-OH is 1. The number of methoxy groups -OCH3 is 1. The van der Waals surface area contributed by atoms with Crippen LogP contribution in [-0.2, 0) is 17.7 Å². The number of aliphatic hydroxyl groups is 1. The fourth-order valence-electron chi connectivity index (χ4n) is 7.19. The summed E-state index contributed by atoms with van der Waals surface area (Å²) in [6.45, 7) is 6.62. The van der Waals surface area contributed by atoms with Gasteiger partial charge in [-0.3, -0.25) is 9.59 Å². The molecule has 1 saturated heterocycles. The van der Waals surface area contributed by atoms with Gasteiger partial charge in [-0.05, 0) is 68.4 Å². The van der Waals surface area contributed by atoms with Crippen LogP contribution in [0.5, 0.6) is 0 Å². The van der Waals surface area contributed by atoms with E-state index < -0.39 is 6.10 Å². The van der Waals surface area contributed by atoms with Gasteiger partial charge in [0.05, 0.1) is 23.5 Å². The molecule has 2 atom stereocenters. The van der Waals surface area contributed by atoms with Gasteiger partial charge in [0.2, 0.25) is 0 Å². The SMILES string of the molecule is CCN1CCN(CC(O)[C@@H]2Cc3ccccc3CN2)C(=O)c2ccc(C(=O)N3CC4(CCC(OC)CC4)C3)cc21. The van der Waals surface area contributed by atoms with Crippen LogP contribution in [-0.4, -0.2) is 91.3 Å². The molecule has 8 heteroatoms. The second-order valence-corrected chi connectivity index (χ2v) is 12.2. The first-order chi connectivity index (χ1) is 19.4. The fourth-order valence-corrected chi connectivity index (χ4v) is 7.19. The fraction of sp³-hybridized carbons (Fsp3) is 0.562. The lowest BCUT2D eigenvalue weighted by Crippen LogP contribution is -2.59. The van der Waals surface area contributed by atoms with Crippen molar-refractivity contribution >= 4 is 17.5 Å². The number of hydrogen-bond donors (Lipinski definition) is 2. The molecule has 40 heavy (non-hydrogen) atoms. The van der Waals surface area contributed by atoms with Crippen molar-refractivity contribution < 1.29 is 19.4 Å². The molecule has 0 bridgehead atoms. The Labute approximate surface area is 237 Å². The third-order valence-electron chi connectivity index (χ3n) is 9.78. The van der Waals surface area contributed by atoms with E-state index in [0.717, 1.165) is 64.0 Å². The van der Waals surface area contributed by atoms with E-state index >= 15 is 0 Å². The topological polar surface area (TPSA) is 85.3 Å². The summed E-state index contributed by atoms with van der Waals surface area (Å²) < 4.78 is 5.53. The number of nitrogens with zero attached hydrogens (tertiary/aromatic N) is 3. The predicted octanol–water partition coefficient (Wildman–Crippen LogP) is 3.08. The zero-order valence-electron chi connectivity index (χ0n) is 23.8. The van der Waals surface area contributed by atoms with Crippen LogP contribution in [0.4, 0.5) is 5.69 Å². The Morgan fingerprint density at radius 2 is 1.82 bits per heavy atom. The second-order valence-electron chi connectivity index (χ2n) is 12.2. The van der Waals surface area contributed by atoms with Gasteiger partial charge in [-0.2, -0.15) is 0 Å². The average Bonchev–Trinajstić information content (AvgIpc) is 3.10. The normalized spacial score (nSPS) is 23.3. The van der Waals surface area contributed by atoms with Gasteiger partial charge in [0.15, 0.2) is 0 Å². The van der Waals surface area contributed by atoms with Crippen LogP contribution in [0.25, 0.3) is 0 Å². The largest absolute Gasteiger partial charge is 0.390 e. The smallest absolute Gasteiger partial charge is 0.256 e. The summed E-state index contributed by atoms with van der Waals surface area (Å²) in [5, 5.41) is 14.6. The Morgan fingerprint density at radius 1 is 1.10 bits per heavy atom. The first-order valence-corrected chi connectivity index (χ1v) is 14.9. The number of benzene rings is 2. The lowest BCUT2D eigenvalue weighted by molar-refractivity contribution is -0.0486. The van der Waals surface area contributed by atoms with Crippen molar-refractivity contribution in [1.82, 2.24) is 15.1 Å². The zero-order valence-corrected chi connectivity index (χ0v) is 23.8. The van der Waals surface area contributed by atoms with Gasteiger partial charge in [0, 0.05) is 69.9 Å². The summed E-state index contributed by atoms with van der Waals surface area (Å²) >= 11 is 0. The van der Waals surface area contributed by atoms with Gasteiger partial charge in [-0.1, -0.05) is 24.3 Å². The third kappa shape index (κ3) is 5.13. The molecule has 6 rings (SSSR count). The Bertz CT molecular complexity index is 1250. The molecule has 4 aliphatic rings. The highest BCUT2D eigenvalue weighted by molar-refractivity contribution is 6.03.